The van der Waals surface area contributed by atoms with Crippen LogP contribution in [-0.2, 0) is 6.54 Å². The monoisotopic (exact) mass is 269 g/mol. The van der Waals surface area contributed by atoms with Gasteiger partial charge >= 0.3 is 0 Å². The molecule has 0 unspecified atom stereocenters. The Morgan fingerprint density at radius 2 is 2.10 bits per heavy atom. The summed E-state index contributed by atoms with van der Waals surface area (Å²) in [6.45, 7) is 2.61. The van der Waals surface area contributed by atoms with Gasteiger partial charge in [0.05, 0.1) is 0 Å². The quantitative estimate of drug-likeness (QED) is 0.784. The van der Waals surface area contributed by atoms with Crippen molar-refractivity contribution < 1.29 is 4.74 Å². The van der Waals surface area contributed by atoms with E-state index in [1.54, 1.807) is 6.20 Å². The molecule has 0 atom stereocenters. The molecule has 0 saturated carbocycles. The molecule has 0 bridgehead atoms. The minimum absolute atomic E-state index is 0.455. The highest BCUT2D eigenvalue weighted by Crippen LogP contribution is 2.26. The van der Waals surface area contributed by atoms with Crippen molar-refractivity contribution in [2.75, 3.05) is 7.05 Å². The molecule has 2 heterocycles. The number of hydrogen-bond donors (Lipinski definition) is 1. The molecule has 6 heteroatoms. The topological polar surface area (TPSA) is 64.3 Å². The molecule has 1 N–H and O–H groups in total. The Bertz CT molecular complexity index is 737. The summed E-state index contributed by atoms with van der Waals surface area (Å²) in [6.07, 6.45) is 3.50. The Morgan fingerprint density at radius 3 is 2.95 bits per heavy atom. The van der Waals surface area contributed by atoms with Crippen molar-refractivity contribution in [2.45, 2.75) is 13.5 Å². The summed E-state index contributed by atoms with van der Waals surface area (Å²) >= 11 is 0. The van der Waals surface area contributed by atoms with Gasteiger partial charge in [-0.2, -0.15) is 0 Å². The fourth-order valence-corrected chi connectivity index (χ4v) is 2.04. The maximum Gasteiger partial charge on any atom is 0.265 e. The van der Waals surface area contributed by atoms with Gasteiger partial charge in [0.2, 0.25) is 5.65 Å². The molecule has 0 aliphatic heterocycles. The second-order valence-corrected chi connectivity index (χ2v) is 4.41. The van der Waals surface area contributed by atoms with E-state index >= 15 is 0 Å². The van der Waals surface area contributed by atoms with Crippen LogP contribution in [0.4, 0.5) is 0 Å². The van der Waals surface area contributed by atoms with Gasteiger partial charge in [0.15, 0.2) is 0 Å². The van der Waals surface area contributed by atoms with Crippen molar-refractivity contribution in [1.82, 2.24) is 24.9 Å². The number of nitrogens with one attached hydrogen (secondary N) is 1. The van der Waals surface area contributed by atoms with Crippen LogP contribution in [0.3, 0.4) is 0 Å². The molecule has 102 valence electrons. The summed E-state index contributed by atoms with van der Waals surface area (Å²) < 4.78 is 7.76. The molecule has 3 rings (SSSR count). The number of aryl methyl sites for hydroxylation is 1. The normalized spacial score (nSPS) is 10.9. The molecular weight excluding hydrogens is 254 g/mol. The van der Waals surface area contributed by atoms with Gasteiger partial charge in [0.1, 0.15) is 11.6 Å². The summed E-state index contributed by atoms with van der Waals surface area (Å²) in [5.41, 5.74) is 1.68. The molecule has 0 aliphatic carbocycles. The van der Waals surface area contributed by atoms with E-state index < -0.39 is 0 Å². The minimum Gasteiger partial charge on any atom is -0.436 e. The van der Waals surface area contributed by atoms with Gasteiger partial charge < -0.3 is 10.1 Å². The van der Waals surface area contributed by atoms with Gasteiger partial charge in [-0.3, -0.25) is 4.40 Å². The maximum atomic E-state index is 5.91. The lowest BCUT2D eigenvalue weighted by molar-refractivity contribution is 0.457. The Kier molecular flexibility index (Phi) is 3.30. The summed E-state index contributed by atoms with van der Waals surface area (Å²) in [5, 5.41) is 11.3. The van der Waals surface area contributed by atoms with E-state index in [1.807, 2.05) is 48.8 Å². The molecule has 0 aliphatic rings. The van der Waals surface area contributed by atoms with Crippen LogP contribution < -0.4 is 10.1 Å². The number of para-hydroxylation sites is 1. The smallest absolute Gasteiger partial charge is 0.265 e. The summed E-state index contributed by atoms with van der Waals surface area (Å²) in [5.74, 6) is 2.02. The molecule has 0 amide bonds. The molecule has 0 radical (unpaired) electrons. The second kappa shape index (κ2) is 5.26. The Labute approximate surface area is 116 Å². The standard InChI is InChI=1S/C14H15N5O/c1-10-17-18-13-14(16-7-8-19(10)13)20-12-6-4-3-5-11(12)9-15-2/h3-8,15H,9H2,1-2H3. The van der Waals surface area contributed by atoms with Crippen LogP contribution in [0, 0.1) is 6.92 Å². The average Bonchev–Trinajstić information content (AvgIpc) is 2.84. The van der Waals surface area contributed by atoms with Crippen LogP contribution in [0.1, 0.15) is 11.4 Å². The lowest BCUT2D eigenvalue weighted by atomic mass is 10.2. The van der Waals surface area contributed by atoms with Crippen LogP contribution in [-0.4, -0.2) is 26.6 Å². The van der Waals surface area contributed by atoms with E-state index in [-0.39, 0.29) is 0 Å². The highest BCUT2D eigenvalue weighted by Gasteiger charge is 2.11. The SMILES string of the molecule is CNCc1ccccc1Oc1nccn2c(C)nnc12. The van der Waals surface area contributed by atoms with Gasteiger partial charge in [-0.25, -0.2) is 4.98 Å². The van der Waals surface area contributed by atoms with E-state index in [0.29, 0.717) is 11.5 Å². The number of benzene rings is 1. The zero-order chi connectivity index (χ0) is 13.9. The average molecular weight is 269 g/mol. The first-order chi connectivity index (χ1) is 9.79. The third-order valence-electron chi connectivity index (χ3n) is 3.01. The number of fused-ring (bicyclic) bond motifs is 1. The van der Waals surface area contributed by atoms with E-state index in [9.17, 15) is 0 Å². The van der Waals surface area contributed by atoms with Crippen molar-refractivity contribution in [3.8, 4) is 11.6 Å². The van der Waals surface area contributed by atoms with Crippen molar-refractivity contribution in [3.05, 3.63) is 48.0 Å². The number of aromatic nitrogens is 4. The largest absolute Gasteiger partial charge is 0.436 e. The summed E-state index contributed by atoms with van der Waals surface area (Å²) in [7, 11) is 1.90. The summed E-state index contributed by atoms with van der Waals surface area (Å²) in [4.78, 5) is 4.25. The summed E-state index contributed by atoms with van der Waals surface area (Å²) in [6, 6.07) is 7.85. The van der Waals surface area contributed by atoms with Crippen LogP contribution >= 0.6 is 0 Å². The first-order valence-corrected chi connectivity index (χ1v) is 6.36. The van der Waals surface area contributed by atoms with Crippen LogP contribution in [0.25, 0.3) is 5.65 Å². The van der Waals surface area contributed by atoms with E-state index in [4.69, 9.17) is 4.74 Å². The predicted octanol–water partition coefficient (Wildman–Crippen LogP) is 1.94. The third-order valence-corrected chi connectivity index (χ3v) is 3.01. The van der Waals surface area contributed by atoms with Gasteiger partial charge in [0, 0.05) is 24.5 Å². The Morgan fingerprint density at radius 1 is 1.25 bits per heavy atom. The maximum absolute atomic E-state index is 5.91. The van der Waals surface area contributed by atoms with Gasteiger partial charge in [-0.15, -0.1) is 10.2 Å². The highest BCUT2D eigenvalue weighted by atomic mass is 16.5. The molecule has 0 fully saturated rings. The zero-order valence-corrected chi connectivity index (χ0v) is 11.4. The van der Waals surface area contributed by atoms with Crippen molar-refractivity contribution in [2.24, 2.45) is 0 Å². The lowest BCUT2D eigenvalue weighted by Gasteiger charge is -2.10. The molecule has 3 aromatic rings. The van der Waals surface area contributed by atoms with Crippen LogP contribution in [0.15, 0.2) is 36.7 Å². The first-order valence-electron chi connectivity index (χ1n) is 6.36. The number of hydrogen-bond acceptors (Lipinski definition) is 5. The molecule has 2 aromatic heterocycles. The fourth-order valence-electron chi connectivity index (χ4n) is 2.04. The van der Waals surface area contributed by atoms with E-state index in [2.05, 4.69) is 20.5 Å². The Hall–Kier alpha value is -2.47. The molecule has 6 nitrogen and oxygen atoms in total. The number of nitrogens with zero attached hydrogens (tertiary/aromatic N) is 4. The minimum atomic E-state index is 0.455. The van der Waals surface area contributed by atoms with Gasteiger partial charge in [-0.1, -0.05) is 18.2 Å². The van der Waals surface area contributed by atoms with Crippen molar-refractivity contribution >= 4 is 5.65 Å². The number of rotatable bonds is 4. The van der Waals surface area contributed by atoms with Gasteiger partial charge in [0.25, 0.3) is 5.88 Å². The second-order valence-electron chi connectivity index (χ2n) is 4.41. The van der Waals surface area contributed by atoms with E-state index in [0.717, 1.165) is 23.7 Å². The van der Waals surface area contributed by atoms with Crippen LogP contribution in [0.2, 0.25) is 0 Å². The molecule has 1 aromatic carbocycles. The highest BCUT2D eigenvalue weighted by molar-refractivity contribution is 5.51. The Balaban J connectivity index is 2.01. The lowest BCUT2D eigenvalue weighted by Crippen LogP contribution is -2.06. The molecule has 20 heavy (non-hydrogen) atoms. The zero-order valence-electron chi connectivity index (χ0n) is 11.4. The molecular formula is C14H15N5O. The third kappa shape index (κ3) is 2.21. The molecule has 0 spiro atoms. The van der Waals surface area contributed by atoms with Crippen molar-refractivity contribution in [3.63, 3.8) is 0 Å². The van der Waals surface area contributed by atoms with Crippen molar-refractivity contribution in [1.29, 1.82) is 0 Å². The van der Waals surface area contributed by atoms with E-state index in [1.165, 1.54) is 0 Å². The van der Waals surface area contributed by atoms with Gasteiger partial charge in [-0.05, 0) is 20.0 Å². The predicted molar refractivity (Wildman–Crippen MR) is 74.8 cm³/mol. The van der Waals surface area contributed by atoms with Crippen LogP contribution in [0.5, 0.6) is 11.6 Å². The first kappa shape index (κ1) is 12.6. The number of ether oxygens (including phenoxy) is 1. The molecule has 0 saturated heterocycles. The fraction of sp³-hybridized carbons (Fsp3) is 0.214.